The maximum absolute atomic E-state index is 12.2. The lowest BCUT2D eigenvalue weighted by atomic mass is 9.99. The molecule has 6 nitrogen and oxygen atoms in total. The molecule has 1 heterocycles. The van der Waals surface area contributed by atoms with Crippen molar-refractivity contribution in [1.82, 2.24) is 15.5 Å². The third kappa shape index (κ3) is 7.38. The van der Waals surface area contributed by atoms with E-state index in [0.29, 0.717) is 16.9 Å². The minimum absolute atomic E-state index is 0.129. The Labute approximate surface area is 171 Å². The average molecular weight is 404 g/mol. The summed E-state index contributed by atoms with van der Waals surface area (Å²) in [5.74, 6) is 1.24. The molecule has 0 bridgehead atoms. The highest BCUT2D eigenvalue weighted by molar-refractivity contribution is 7.99. The average Bonchev–Trinajstić information content (AvgIpc) is 3.10. The number of thioether (sulfide) groups is 1. The normalized spacial score (nSPS) is 14.0. The van der Waals surface area contributed by atoms with Crippen LogP contribution in [-0.4, -0.2) is 27.6 Å². The van der Waals surface area contributed by atoms with Crippen LogP contribution in [-0.2, 0) is 4.74 Å². The largest absolute Gasteiger partial charge is 0.444 e. The van der Waals surface area contributed by atoms with Gasteiger partial charge >= 0.3 is 6.09 Å². The van der Waals surface area contributed by atoms with E-state index in [-0.39, 0.29) is 12.0 Å². The molecule has 28 heavy (non-hydrogen) atoms. The zero-order chi connectivity index (χ0) is 20.6. The molecular formula is C21H29N3O3S. The third-order valence-corrected chi connectivity index (χ3v) is 4.76. The Bertz CT molecular complexity index is 769. The quantitative estimate of drug-likeness (QED) is 0.588. The van der Waals surface area contributed by atoms with Crippen LogP contribution < -0.4 is 5.32 Å². The van der Waals surface area contributed by atoms with Gasteiger partial charge < -0.3 is 14.5 Å². The second kappa shape index (κ2) is 10.3. The van der Waals surface area contributed by atoms with E-state index in [9.17, 15) is 4.79 Å². The van der Waals surface area contributed by atoms with Crippen LogP contribution in [0.2, 0.25) is 0 Å². The first-order valence-corrected chi connectivity index (χ1v) is 10.4. The number of nitrogens with one attached hydrogen (secondary N) is 1. The summed E-state index contributed by atoms with van der Waals surface area (Å²) >= 11 is 1.46. The smallest absolute Gasteiger partial charge is 0.408 e. The van der Waals surface area contributed by atoms with Crippen LogP contribution in [0.1, 0.15) is 58.5 Å². The molecule has 2 rings (SSSR count). The summed E-state index contributed by atoms with van der Waals surface area (Å²) in [5, 5.41) is 11.6. The first-order chi connectivity index (χ1) is 13.3. The fraction of sp³-hybridized carbons (Fsp3) is 0.476. The number of benzene rings is 1. The van der Waals surface area contributed by atoms with E-state index in [2.05, 4.69) is 34.6 Å². The van der Waals surface area contributed by atoms with Gasteiger partial charge in [0, 0.05) is 5.75 Å². The van der Waals surface area contributed by atoms with E-state index in [4.69, 9.17) is 9.15 Å². The van der Waals surface area contributed by atoms with Crippen molar-refractivity contribution < 1.29 is 13.9 Å². The summed E-state index contributed by atoms with van der Waals surface area (Å²) in [6.07, 6.45) is 4.46. The summed E-state index contributed by atoms with van der Waals surface area (Å²) in [6.45, 7) is 9.57. The van der Waals surface area contributed by atoms with Crippen LogP contribution in [0.3, 0.4) is 0 Å². The van der Waals surface area contributed by atoms with Crippen LogP contribution in [0.5, 0.6) is 0 Å². The van der Waals surface area contributed by atoms with E-state index >= 15 is 0 Å². The molecule has 0 aliphatic heterocycles. The van der Waals surface area contributed by atoms with Gasteiger partial charge in [0.05, 0.1) is 0 Å². The molecule has 1 aromatic carbocycles. The molecule has 1 amide bonds. The Morgan fingerprint density at radius 1 is 1.29 bits per heavy atom. The van der Waals surface area contributed by atoms with Crippen molar-refractivity contribution in [2.24, 2.45) is 5.92 Å². The van der Waals surface area contributed by atoms with Gasteiger partial charge in [-0.05, 0) is 32.3 Å². The fourth-order valence-corrected chi connectivity index (χ4v) is 2.97. The second-order valence-corrected chi connectivity index (χ2v) is 8.51. The SMILES string of the molecule is CC[C@@H](C)[C@@H](NC(=O)OC(C)(C)C)c1nnc(SC/C=C/c2ccccc2)o1. The molecule has 1 N–H and O–H groups in total. The number of amides is 1. The highest BCUT2D eigenvalue weighted by atomic mass is 32.2. The standard InChI is InChI=1S/C21H29N3O3S/c1-6-15(2)17(22-19(25)27-21(3,4)5)18-23-24-20(26-18)28-14-10-13-16-11-8-7-9-12-16/h7-13,15,17H,6,14H2,1-5H3,(H,22,25)/b13-10+/t15-,17-/m1/s1. The zero-order valence-corrected chi connectivity index (χ0v) is 18.0. The topological polar surface area (TPSA) is 77.2 Å². The molecule has 0 radical (unpaired) electrons. The number of hydrogen-bond acceptors (Lipinski definition) is 6. The number of carbonyl (C=O) groups excluding carboxylic acids is 1. The van der Waals surface area contributed by atoms with E-state index in [1.165, 1.54) is 11.8 Å². The summed E-state index contributed by atoms with van der Waals surface area (Å²) < 4.78 is 11.1. The monoisotopic (exact) mass is 403 g/mol. The Kier molecular flexibility index (Phi) is 8.11. The summed E-state index contributed by atoms with van der Waals surface area (Å²) in [5.41, 5.74) is 0.582. The van der Waals surface area contributed by atoms with Gasteiger partial charge in [0.25, 0.3) is 5.22 Å². The molecule has 0 saturated carbocycles. The fourth-order valence-electron chi connectivity index (χ4n) is 2.39. The number of rotatable bonds is 8. The van der Waals surface area contributed by atoms with Crippen molar-refractivity contribution in [2.75, 3.05) is 5.75 Å². The molecule has 0 spiro atoms. The van der Waals surface area contributed by atoms with Crippen molar-refractivity contribution in [2.45, 2.75) is 57.9 Å². The Balaban J connectivity index is 1.97. The van der Waals surface area contributed by atoms with Crippen molar-refractivity contribution in [3.63, 3.8) is 0 Å². The van der Waals surface area contributed by atoms with E-state index < -0.39 is 11.7 Å². The number of nitrogens with zero attached hydrogens (tertiary/aromatic N) is 2. The van der Waals surface area contributed by atoms with Crippen molar-refractivity contribution in [3.8, 4) is 0 Å². The third-order valence-electron chi connectivity index (χ3n) is 3.99. The molecule has 1 aromatic heterocycles. The molecule has 2 aromatic rings. The molecule has 7 heteroatoms. The maximum atomic E-state index is 12.2. The Morgan fingerprint density at radius 2 is 2.00 bits per heavy atom. The van der Waals surface area contributed by atoms with E-state index in [0.717, 1.165) is 12.0 Å². The minimum Gasteiger partial charge on any atom is -0.444 e. The summed E-state index contributed by atoms with van der Waals surface area (Å²) in [6, 6.07) is 9.70. The van der Waals surface area contributed by atoms with Gasteiger partial charge in [-0.25, -0.2) is 4.79 Å². The maximum Gasteiger partial charge on any atom is 0.408 e. The van der Waals surface area contributed by atoms with Crippen LogP contribution in [0, 0.1) is 5.92 Å². The number of carbonyl (C=O) groups is 1. The molecule has 0 unspecified atom stereocenters. The number of ether oxygens (including phenoxy) is 1. The second-order valence-electron chi connectivity index (χ2n) is 7.54. The Hall–Kier alpha value is -2.28. The number of aromatic nitrogens is 2. The predicted octanol–water partition coefficient (Wildman–Crippen LogP) is 5.49. The highest BCUT2D eigenvalue weighted by Crippen LogP contribution is 2.27. The minimum atomic E-state index is -0.564. The molecule has 0 fully saturated rings. The van der Waals surface area contributed by atoms with Gasteiger partial charge in [0.1, 0.15) is 11.6 Å². The van der Waals surface area contributed by atoms with Gasteiger partial charge in [0.2, 0.25) is 5.89 Å². The van der Waals surface area contributed by atoms with Gasteiger partial charge in [-0.2, -0.15) is 0 Å². The van der Waals surface area contributed by atoms with Crippen molar-refractivity contribution in [1.29, 1.82) is 0 Å². The molecule has 0 aliphatic rings. The lowest BCUT2D eigenvalue weighted by Gasteiger charge is -2.24. The lowest BCUT2D eigenvalue weighted by molar-refractivity contribution is 0.0474. The predicted molar refractivity (Wildman–Crippen MR) is 112 cm³/mol. The van der Waals surface area contributed by atoms with E-state index in [1.807, 2.05) is 58.0 Å². The summed E-state index contributed by atoms with van der Waals surface area (Å²) in [7, 11) is 0. The zero-order valence-electron chi connectivity index (χ0n) is 17.1. The van der Waals surface area contributed by atoms with Gasteiger partial charge in [-0.3, -0.25) is 0 Å². The Morgan fingerprint density at radius 3 is 2.64 bits per heavy atom. The van der Waals surface area contributed by atoms with Gasteiger partial charge in [0.15, 0.2) is 0 Å². The molecule has 0 aliphatic carbocycles. The van der Waals surface area contributed by atoms with E-state index in [1.54, 1.807) is 0 Å². The van der Waals surface area contributed by atoms with Crippen molar-refractivity contribution in [3.05, 3.63) is 47.9 Å². The number of alkyl carbamates (subject to hydrolysis) is 1. The van der Waals surface area contributed by atoms with Crippen LogP contribution in [0.4, 0.5) is 4.79 Å². The van der Waals surface area contributed by atoms with Crippen LogP contribution in [0.25, 0.3) is 6.08 Å². The molecule has 152 valence electrons. The van der Waals surface area contributed by atoms with Gasteiger partial charge in [-0.15, -0.1) is 10.2 Å². The molecular weight excluding hydrogens is 374 g/mol. The lowest BCUT2D eigenvalue weighted by Crippen LogP contribution is -2.37. The number of hydrogen-bond donors (Lipinski definition) is 1. The molecule has 0 saturated heterocycles. The first kappa shape index (κ1) is 22.0. The molecule has 2 atom stereocenters. The highest BCUT2D eigenvalue weighted by Gasteiger charge is 2.28. The van der Waals surface area contributed by atoms with Crippen LogP contribution in [0.15, 0.2) is 46.0 Å². The summed E-state index contributed by atoms with van der Waals surface area (Å²) in [4.78, 5) is 12.2. The van der Waals surface area contributed by atoms with Crippen molar-refractivity contribution >= 4 is 23.9 Å². The first-order valence-electron chi connectivity index (χ1n) is 9.45. The van der Waals surface area contributed by atoms with Gasteiger partial charge in [-0.1, -0.05) is 74.5 Å². The van der Waals surface area contributed by atoms with Crippen LogP contribution >= 0.6 is 11.8 Å².